The van der Waals surface area contributed by atoms with Crippen LogP contribution in [0.15, 0.2) is 53.7 Å². The number of benzene rings is 1. The minimum absolute atomic E-state index is 0.00157. The summed E-state index contributed by atoms with van der Waals surface area (Å²) < 4.78 is 7.79. The summed E-state index contributed by atoms with van der Waals surface area (Å²) in [4.78, 5) is 27.9. The van der Waals surface area contributed by atoms with Crippen LogP contribution >= 0.6 is 0 Å². The molecular formula is C21H21N5O2. The van der Waals surface area contributed by atoms with Crippen LogP contribution in [0.5, 0.6) is 0 Å². The largest absolute Gasteiger partial charge is 0.370 e. The number of hydrogen-bond acceptors (Lipinski definition) is 6. The SMILES string of the molecule is Cn1c(N2CCO[C@H]3c4ccccc4CC[C@H]32)nc(-c2ccncn2)cc1=O. The Hall–Kier alpha value is -3.06. The fraction of sp³-hybridized carbons (Fsp3) is 0.333. The second-order valence-electron chi connectivity index (χ2n) is 7.22. The highest BCUT2D eigenvalue weighted by molar-refractivity contribution is 5.55. The van der Waals surface area contributed by atoms with E-state index >= 15 is 0 Å². The van der Waals surface area contributed by atoms with E-state index in [0.29, 0.717) is 30.5 Å². The van der Waals surface area contributed by atoms with Crippen LogP contribution < -0.4 is 10.5 Å². The minimum atomic E-state index is -0.0992. The Balaban J connectivity index is 1.58. The van der Waals surface area contributed by atoms with E-state index in [1.807, 2.05) is 0 Å². The number of aryl methyl sites for hydroxylation is 1. The van der Waals surface area contributed by atoms with E-state index in [4.69, 9.17) is 9.72 Å². The zero-order chi connectivity index (χ0) is 19.1. The fourth-order valence-corrected chi connectivity index (χ4v) is 4.27. The summed E-state index contributed by atoms with van der Waals surface area (Å²) >= 11 is 0. The first kappa shape index (κ1) is 17.1. The van der Waals surface area contributed by atoms with Crippen molar-refractivity contribution in [3.8, 4) is 11.4 Å². The molecule has 7 heteroatoms. The third kappa shape index (κ3) is 2.79. The molecule has 0 amide bonds. The van der Waals surface area contributed by atoms with E-state index in [1.54, 1.807) is 23.9 Å². The smallest absolute Gasteiger partial charge is 0.255 e. The molecule has 0 spiro atoms. The van der Waals surface area contributed by atoms with Gasteiger partial charge in [0.1, 0.15) is 12.4 Å². The van der Waals surface area contributed by atoms with Crippen molar-refractivity contribution in [1.29, 1.82) is 0 Å². The van der Waals surface area contributed by atoms with Crippen LogP contribution in [-0.4, -0.2) is 38.7 Å². The molecule has 0 unspecified atom stereocenters. The van der Waals surface area contributed by atoms with Crippen molar-refractivity contribution in [2.45, 2.75) is 25.0 Å². The Bertz CT molecular complexity index is 1070. The highest BCUT2D eigenvalue weighted by Crippen LogP contribution is 2.39. The Morgan fingerprint density at radius 1 is 1.18 bits per heavy atom. The molecule has 0 saturated carbocycles. The number of nitrogens with zero attached hydrogens (tertiary/aromatic N) is 5. The van der Waals surface area contributed by atoms with Gasteiger partial charge in [0.25, 0.3) is 5.56 Å². The molecule has 0 radical (unpaired) electrons. The van der Waals surface area contributed by atoms with Gasteiger partial charge in [-0.05, 0) is 30.0 Å². The van der Waals surface area contributed by atoms with Crippen molar-refractivity contribution in [3.63, 3.8) is 0 Å². The zero-order valence-corrected chi connectivity index (χ0v) is 15.7. The Kier molecular flexibility index (Phi) is 4.16. The van der Waals surface area contributed by atoms with Gasteiger partial charge in [-0.15, -0.1) is 0 Å². The topological polar surface area (TPSA) is 73.1 Å². The molecule has 28 heavy (non-hydrogen) atoms. The summed E-state index contributed by atoms with van der Waals surface area (Å²) in [5.41, 5.74) is 3.72. The van der Waals surface area contributed by atoms with E-state index in [9.17, 15) is 4.79 Å². The van der Waals surface area contributed by atoms with Gasteiger partial charge in [0, 0.05) is 25.9 Å². The number of aromatic nitrogens is 4. The van der Waals surface area contributed by atoms with Crippen LogP contribution in [0.4, 0.5) is 5.95 Å². The van der Waals surface area contributed by atoms with Crippen LogP contribution in [-0.2, 0) is 18.2 Å². The first-order valence-electron chi connectivity index (χ1n) is 9.53. The summed E-state index contributed by atoms with van der Waals surface area (Å²) in [5.74, 6) is 0.666. The average molecular weight is 375 g/mol. The van der Waals surface area contributed by atoms with E-state index in [2.05, 4.69) is 39.1 Å². The second kappa shape index (κ2) is 6.83. The van der Waals surface area contributed by atoms with Gasteiger partial charge < -0.3 is 9.64 Å². The number of rotatable bonds is 2. The van der Waals surface area contributed by atoms with Crippen molar-refractivity contribution < 1.29 is 4.74 Å². The predicted molar refractivity (Wildman–Crippen MR) is 105 cm³/mol. The number of hydrogen-bond donors (Lipinski definition) is 0. The molecular weight excluding hydrogens is 354 g/mol. The average Bonchev–Trinajstić information content (AvgIpc) is 2.75. The van der Waals surface area contributed by atoms with Crippen molar-refractivity contribution in [1.82, 2.24) is 19.5 Å². The third-order valence-electron chi connectivity index (χ3n) is 5.66. The van der Waals surface area contributed by atoms with E-state index < -0.39 is 0 Å². The molecule has 0 bridgehead atoms. The van der Waals surface area contributed by atoms with Crippen molar-refractivity contribution in [3.05, 3.63) is 70.4 Å². The summed E-state index contributed by atoms with van der Waals surface area (Å²) in [6, 6.07) is 11.9. The highest BCUT2D eigenvalue weighted by atomic mass is 16.5. The lowest BCUT2D eigenvalue weighted by atomic mass is 9.84. The van der Waals surface area contributed by atoms with Crippen molar-refractivity contribution >= 4 is 5.95 Å². The molecule has 142 valence electrons. The van der Waals surface area contributed by atoms with Gasteiger partial charge in [-0.25, -0.2) is 15.0 Å². The summed E-state index contributed by atoms with van der Waals surface area (Å²) in [6.45, 7) is 1.31. The molecule has 3 heterocycles. The normalized spacial score (nSPS) is 21.1. The number of fused-ring (bicyclic) bond motifs is 3. The van der Waals surface area contributed by atoms with Crippen LogP contribution in [0.25, 0.3) is 11.4 Å². The van der Waals surface area contributed by atoms with Crippen LogP contribution in [0.1, 0.15) is 23.7 Å². The molecule has 0 N–H and O–H groups in total. The standard InChI is InChI=1S/C21H21N5O2/c1-25-19(27)12-17(16-8-9-22-13-23-16)24-21(25)26-10-11-28-20-15-5-3-2-4-14(15)6-7-18(20)26/h2-5,8-9,12-13,18,20H,6-7,10-11H2,1H3/t18-,20+/m1/s1. The van der Waals surface area contributed by atoms with Gasteiger partial charge in [0.15, 0.2) is 0 Å². The van der Waals surface area contributed by atoms with Crippen LogP contribution in [0.3, 0.4) is 0 Å². The highest BCUT2D eigenvalue weighted by Gasteiger charge is 2.38. The maximum Gasteiger partial charge on any atom is 0.255 e. The van der Waals surface area contributed by atoms with E-state index in [1.165, 1.54) is 23.5 Å². The lowest BCUT2D eigenvalue weighted by Gasteiger charge is -2.45. The molecule has 1 aliphatic heterocycles. The molecule has 1 fully saturated rings. The fourth-order valence-electron chi connectivity index (χ4n) is 4.27. The first-order valence-corrected chi connectivity index (χ1v) is 9.53. The molecule has 2 aliphatic rings. The van der Waals surface area contributed by atoms with Gasteiger partial charge >= 0.3 is 0 Å². The second-order valence-corrected chi connectivity index (χ2v) is 7.22. The molecule has 1 saturated heterocycles. The maximum absolute atomic E-state index is 12.7. The molecule has 2 atom stereocenters. The quantitative estimate of drug-likeness (QED) is 0.683. The van der Waals surface area contributed by atoms with E-state index in [0.717, 1.165) is 12.8 Å². The Morgan fingerprint density at radius 2 is 2.07 bits per heavy atom. The molecule has 3 aromatic rings. The van der Waals surface area contributed by atoms with Gasteiger partial charge in [-0.1, -0.05) is 24.3 Å². The minimum Gasteiger partial charge on any atom is -0.370 e. The Labute approximate surface area is 162 Å². The summed E-state index contributed by atoms with van der Waals surface area (Å²) in [6.07, 6.45) is 5.09. The van der Waals surface area contributed by atoms with E-state index in [-0.39, 0.29) is 17.7 Å². The zero-order valence-electron chi connectivity index (χ0n) is 15.7. The van der Waals surface area contributed by atoms with Crippen molar-refractivity contribution in [2.24, 2.45) is 7.05 Å². The molecule has 1 aromatic carbocycles. The number of ether oxygens (including phenoxy) is 1. The molecule has 1 aliphatic carbocycles. The number of morpholine rings is 1. The summed E-state index contributed by atoms with van der Waals surface area (Å²) in [5, 5.41) is 0. The first-order chi connectivity index (χ1) is 13.7. The molecule has 2 aromatic heterocycles. The lowest BCUT2D eigenvalue weighted by molar-refractivity contribution is 0.00176. The van der Waals surface area contributed by atoms with Gasteiger partial charge in [-0.2, -0.15) is 0 Å². The molecule has 5 rings (SSSR count). The number of anilines is 1. The maximum atomic E-state index is 12.7. The monoisotopic (exact) mass is 375 g/mol. The van der Waals surface area contributed by atoms with Gasteiger partial charge in [0.2, 0.25) is 5.95 Å². The molecule has 7 nitrogen and oxygen atoms in total. The van der Waals surface area contributed by atoms with Gasteiger partial charge in [0.05, 0.1) is 24.0 Å². The Morgan fingerprint density at radius 3 is 2.93 bits per heavy atom. The predicted octanol–water partition coefficient (Wildman–Crippen LogP) is 2.13. The van der Waals surface area contributed by atoms with Gasteiger partial charge in [-0.3, -0.25) is 9.36 Å². The van der Waals surface area contributed by atoms with Crippen LogP contribution in [0.2, 0.25) is 0 Å². The lowest BCUT2D eigenvalue weighted by Crippen LogP contribution is -2.51. The van der Waals surface area contributed by atoms with Crippen molar-refractivity contribution in [2.75, 3.05) is 18.1 Å². The van der Waals surface area contributed by atoms with Crippen LogP contribution in [0, 0.1) is 0 Å². The third-order valence-corrected chi connectivity index (χ3v) is 5.66. The summed E-state index contributed by atoms with van der Waals surface area (Å²) in [7, 11) is 1.77.